The SMILES string of the molecule is Nc1c(Cl)cccc1-c1nn2c(C3CC3)nnc2s1. The van der Waals surface area contributed by atoms with E-state index in [0.29, 0.717) is 16.6 Å². The third-order valence-electron chi connectivity index (χ3n) is 3.24. The fourth-order valence-electron chi connectivity index (χ4n) is 2.06. The Morgan fingerprint density at radius 3 is 2.95 bits per heavy atom. The number of halogens is 1. The number of benzene rings is 1. The second-order valence-electron chi connectivity index (χ2n) is 4.64. The van der Waals surface area contributed by atoms with Gasteiger partial charge >= 0.3 is 0 Å². The van der Waals surface area contributed by atoms with E-state index in [9.17, 15) is 0 Å². The number of anilines is 1. The van der Waals surface area contributed by atoms with Crippen molar-refractivity contribution < 1.29 is 0 Å². The summed E-state index contributed by atoms with van der Waals surface area (Å²) in [5.74, 6) is 1.47. The van der Waals surface area contributed by atoms with Gasteiger partial charge in [0.1, 0.15) is 5.01 Å². The van der Waals surface area contributed by atoms with Gasteiger partial charge in [0.25, 0.3) is 0 Å². The molecule has 4 rings (SSSR count). The van der Waals surface area contributed by atoms with Crippen molar-refractivity contribution in [3.05, 3.63) is 29.0 Å². The standard InChI is InChI=1S/C12H10ClN5S/c13-8-3-1-2-7(9(8)14)11-17-18-10(6-4-5-6)15-16-12(18)19-11/h1-3,6H,4-5,14H2. The average Bonchev–Trinajstić information content (AvgIpc) is 3.02. The lowest BCUT2D eigenvalue weighted by atomic mass is 10.2. The molecule has 0 amide bonds. The van der Waals surface area contributed by atoms with Crippen molar-refractivity contribution in [2.24, 2.45) is 0 Å². The van der Waals surface area contributed by atoms with Gasteiger partial charge in [0.05, 0.1) is 10.7 Å². The highest BCUT2D eigenvalue weighted by Crippen LogP contribution is 2.40. The van der Waals surface area contributed by atoms with Crippen molar-refractivity contribution >= 4 is 33.6 Å². The summed E-state index contributed by atoms with van der Waals surface area (Å²) in [7, 11) is 0. The van der Waals surface area contributed by atoms with Gasteiger partial charge < -0.3 is 5.73 Å². The Kier molecular flexibility index (Phi) is 2.31. The molecule has 0 atom stereocenters. The summed E-state index contributed by atoms with van der Waals surface area (Å²) in [5.41, 5.74) is 7.41. The van der Waals surface area contributed by atoms with Gasteiger partial charge in [-0.1, -0.05) is 29.0 Å². The topological polar surface area (TPSA) is 69.1 Å². The summed E-state index contributed by atoms with van der Waals surface area (Å²) in [4.78, 5) is 0.802. The Hall–Kier alpha value is -1.66. The molecule has 0 radical (unpaired) electrons. The highest BCUT2D eigenvalue weighted by atomic mass is 35.5. The maximum atomic E-state index is 6.05. The van der Waals surface area contributed by atoms with E-state index in [1.54, 1.807) is 6.07 Å². The first-order chi connectivity index (χ1) is 9.24. The van der Waals surface area contributed by atoms with E-state index in [0.717, 1.165) is 21.4 Å². The van der Waals surface area contributed by atoms with Crippen LogP contribution in [0.1, 0.15) is 24.6 Å². The predicted molar refractivity (Wildman–Crippen MR) is 75.5 cm³/mol. The molecule has 0 bridgehead atoms. The van der Waals surface area contributed by atoms with Gasteiger partial charge in [-0.15, -0.1) is 10.2 Å². The molecule has 1 saturated carbocycles. The molecule has 7 heteroatoms. The number of rotatable bonds is 2. The van der Waals surface area contributed by atoms with Gasteiger partial charge in [-0.25, -0.2) is 0 Å². The highest BCUT2D eigenvalue weighted by molar-refractivity contribution is 7.19. The molecule has 1 fully saturated rings. The lowest BCUT2D eigenvalue weighted by molar-refractivity contribution is 0.828. The zero-order valence-electron chi connectivity index (χ0n) is 9.88. The fourth-order valence-corrected chi connectivity index (χ4v) is 3.12. The van der Waals surface area contributed by atoms with Crippen LogP contribution in [-0.4, -0.2) is 19.8 Å². The van der Waals surface area contributed by atoms with Crippen molar-refractivity contribution in [1.82, 2.24) is 19.8 Å². The minimum absolute atomic E-state index is 0.515. The van der Waals surface area contributed by atoms with Crippen molar-refractivity contribution in [2.45, 2.75) is 18.8 Å². The van der Waals surface area contributed by atoms with Gasteiger partial charge in [-0.2, -0.15) is 9.61 Å². The summed E-state index contributed by atoms with van der Waals surface area (Å²) < 4.78 is 1.83. The molecule has 5 nitrogen and oxygen atoms in total. The van der Waals surface area contributed by atoms with E-state index < -0.39 is 0 Å². The summed E-state index contributed by atoms with van der Waals surface area (Å²) in [6.45, 7) is 0. The summed E-state index contributed by atoms with van der Waals surface area (Å²) in [6.07, 6.45) is 2.35. The van der Waals surface area contributed by atoms with E-state index in [-0.39, 0.29) is 0 Å². The Bertz CT molecular complexity index is 774. The molecule has 2 N–H and O–H groups in total. The van der Waals surface area contributed by atoms with E-state index >= 15 is 0 Å². The third kappa shape index (κ3) is 1.71. The second kappa shape index (κ2) is 3.91. The minimum atomic E-state index is 0.515. The maximum absolute atomic E-state index is 6.05. The van der Waals surface area contributed by atoms with E-state index in [1.165, 1.54) is 24.2 Å². The lowest BCUT2D eigenvalue weighted by Gasteiger charge is -2.02. The third-order valence-corrected chi connectivity index (χ3v) is 4.50. The molecule has 2 heterocycles. The maximum Gasteiger partial charge on any atom is 0.234 e. The quantitative estimate of drug-likeness (QED) is 0.737. The number of hydrogen-bond acceptors (Lipinski definition) is 5. The van der Waals surface area contributed by atoms with Crippen LogP contribution in [0.25, 0.3) is 15.5 Å². The van der Waals surface area contributed by atoms with Crippen LogP contribution in [0.2, 0.25) is 5.02 Å². The molecular formula is C12H10ClN5S. The molecule has 0 saturated heterocycles. The number of nitrogen functional groups attached to an aromatic ring is 1. The van der Waals surface area contributed by atoms with Gasteiger partial charge in [0.15, 0.2) is 5.82 Å². The first-order valence-electron chi connectivity index (χ1n) is 6.00. The minimum Gasteiger partial charge on any atom is -0.397 e. The normalized spacial score (nSPS) is 15.2. The highest BCUT2D eigenvalue weighted by Gasteiger charge is 2.30. The Balaban J connectivity index is 1.89. The zero-order valence-corrected chi connectivity index (χ0v) is 11.4. The van der Waals surface area contributed by atoms with Crippen molar-refractivity contribution in [3.63, 3.8) is 0 Å². The van der Waals surface area contributed by atoms with E-state index in [4.69, 9.17) is 17.3 Å². The largest absolute Gasteiger partial charge is 0.397 e. The molecule has 0 spiro atoms. The van der Waals surface area contributed by atoms with Crippen LogP contribution in [-0.2, 0) is 0 Å². The molecule has 1 aliphatic rings. The smallest absolute Gasteiger partial charge is 0.234 e. The first kappa shape index (κ1) is 11.2. The molecule has 3 aromatic rings. The molecule has 2 aromatic heterocycles. The molecule has 1 aliphatic carbocycles. The van der Waals surface area contributed by atoms with Crippen molar-refractivity contribution in [2.75, 3.05) is 5.73 Å². The Labute approximate surface area is 118 Å². The second-order valence-corrected chi connectivity index (χ2v) is 6.00. The monoisotopic (exact) mass is 291 g/mol. The lowest BCUT2D eigenvalue weighted by Crippen LogP contribution is -1.95. The number of fused-ring (bicyclic) bond motifs is 1. The van der Waals surface area contributed by atoms with E-state index in [1.807, 2.05) is 16.6 Å². The van der Waals surface area contributed by atoms with Crippen molar-refractivity contribution in [1.29, 1.82) is 0 Å². The number of para-hydroxylation sites is 1. The summed E-state index contributed by atoms with van der Waals surface area (Å²) >= 11 is 7.52. The fraction of sp³-hybridized carbons (Fsp3) is 0.250. The molecular weight excluding hydrogens is 282 g/mol. The zero-order chi connectivity index (χ0) is 13.0. The molecule has 19 heavy (non-hydrogen) atoms. The Morgan fingerprint density at radius 1 is 1.32 bits per heavy atom. The molecule has 0 unspecified atom stereocenters. The van der Waals surface area contributed by atoms with Crippen molar-refractivity contribution in [3.8, 4) is 10.6 Å². The van der Waals surface area contributed by atoms with Gasteiger partial charge in [-0.05, 0) is 25.0 Å². The van der Waals surface area contributed by atoms with Crippen LogP contribution in [0, 0.1) is 0 Å². The predicted octanol–water partition coefficient (Wildman–Crippen LogP) is 2.97. The summed E-state index contributed by atoms with van der Waals surface area (Å²) in [5, 5.41) is 14.3. The number of nitrogens with two attached hydrogens (primary N) is 1. The number of aromatic nitrogens is 4. The van der Waals surface area contributed by atoms with Crippen LogP contribution < -0.4 is 5.73 Å². The number of nitrogens with zero attached hydrogens (tertiary/aromatic N) is 4. The van der Waals surface area contributed by atoms with Crippen LogP contribution in [0.4, 0.5) is 5.69 Å². The van der Waals surface area contributed by atoms with Crippen LogP contribution in [0.5, 0.6) is 0 Å². The van der Waals surface area contributed by atoms with Gasteiger partial charge in [0.2, 0.25) is 4.96 Å². The molecule has 0 aliphatic heterocycles. The van der Waals surface area contributed by atoms with Crippen LogP contribution >= 0.6 is 22.9 Å². The Morgan fingerprint density at radius 2 is 2.16 bits per heavy atom. The van der Waals surface area contributed by atoms with Gasteiger partial charge in [-0.3, -0.25) is 0 Å². The van der Waals surface area contributed by atoms with E-state index in [2.05, 4.69) is 15.3 Å². The van der Waals surface area contributed by atoms with Crippen LogP contribution in [0.3, 0.4) is 0 Å². The van der Waals surface area contributed by atoms with Gasteiger partial charge in [0, 0.05) is 11.5 Å². The molecule has 1 aromatic carbocycles. The first-order valence-corrected chi connectivity index (χ1v) is 7.20. The molecule has 96 valence electrons. The summed E-state index contributed by atoms with van der Waals surface area (Å²) in [6, 6.07) is 5.57. The average molecular weight is 292 g/mol. The number of hydrogen-bond donors (Lipinski definition) is 1. The van der Waals surface area contributed by atoms with Crippen LogP contribution in [0.15, 0.2) is 18.2 Å².